The van der Waals surface area contributed by atoms with Crippen LogP contribution in [0.15, 0.2) is 83.8 Å². The minimum atomic E-state index is -3.91. The van der Waals surface area contributed by atoms with E-state index < -0.39 is 10.0 Å². The van der Waals surface area contributed by atoms with Gasteiger partial charge in [0.05, 0.1) is 16.6 Å². The second-order valence-electron chi connectivity index (χ2n) is 9.32. The molecule has 0 spiro atoms. The van der Waals surface area contributed by atoms with Gasteiger partial charge in [0.2, 0.25) is 5.91 Å². The van der Waals surface area contributed by atoms with Crippen molar-refractivity contribution in [1.82, 2.24) is 5.32 Å². The minimum Gasteiger partial charge on any atom is -0.348 e. The molecule has 0 heterocycles. The van der Waals surface area contributed by atoms with Gasteiger partial charge in [-0.3, -0.25) is 9.10 Å². The number of carbonyl (C=O) groups excluding carboxylic acids is 1. The summed E-state index contributed by atoms with van der Waals surface area (Å²) in [5.41, 5.74) is 3.67. The largest absolute Gasteiger partial charge is 0.348 e. The Morgan fingerprint density at radius 3 is 2.03 bits per heavy atom. The van der Waals surface area contributed by atoms with E-state index in [9.17, 15) is 13.2 Å². The summed E-state index contributed by atoms with van der Waals surface area (Å²) >= 11 is 0. The van der Waals surface area contributed by atoms with Crippen LogP contribution >= 0.6 is 0 Å². The number of rotatable bonds is 7. The Morgan fingerprint density at radius 1 is 0.909 bits per heavy atom. The number of nitrogens with zero attached hydrogens (tertiary/aromatic N) is 1. The molecule has 3 aromatic rings. The van der Waals surface area contributed by atoms with Gasteiger partial charge >= 0.3 is 0 Å². The summed E-state index contributed by atoms with van der Waals surface area (Å²) in [6, 6.07) is 23.2. The summed E-state index contributed by atoms with van der Waals surface area (Å²) in [5, 5.41) is 2.94. The van der Waals surface area contributed by atoms with Crippen LogP contribution in [0.25, 0.3) is 0 Å². The summed E-state index contributed by atoms with van der Waals surface area (Å²) < 4.78 is 27.9. The molecule has 0 radical (unpaired) electrons. The number of amides is 1. The molecule has 1 unspecified atom stereocenters. The fourth-order valence-electron chi connectivity index (χ4n) is 3.52. The van der Waals surface area contributed by atoms with E-state index in [4.69, 9.17) is 0 Å². The molecule has 174 valence electrons. The monoisotopic (exact) mass is 464 g/mol. The van der Waals surface area contributed by atoms with Crippen molar-refractivity contribution in [2.75, 3.05) is 10.8 Å². The maximum atomic E-state index is 13.4. The van der Waals surface area contributed by atoms with Crippen LogP contribution in [0.4, 0.5) is 5.69 Å². The first-order chi connectivity index (χ1) is 15.5. The Hall–Kier alpha value is -3.12. The van der Waals surface area contributed by atoms with Crippen LogP contribution in [0.2, 0.25) is 0 Å². The molecule has 1 amide bonds. The predicted octanol–water partition coefficient (Wildman–Crippen LogP) is 5.37. The Bertz CT molecular complexity index is 1180. The van der Waals surface area contributed by atoms with Crippen LogP contribution in [0.1, 0.15) is 50.4 Å². The Balaban J connectivity index is 1.82. The van der Waals surface area contributed by atoms with Crippen molar-refractivity contribution in [2.45, 2.75) is 51.0 Å². The standard InChI is InChI=1S/C27H32N2O3S/c1-20-11-17-24(18-12-20)29(33(31,32)25-9-7-6-8-10-25)19-26(30)28-21(2)22-13-15-23(16-14-22)27(3,4)5/h6-18,21H,19H2,1-5H3,(H,28,30). The lowest BCUT2D eigenvalue weighted by Gasteiger charge is -2.25. The van der Waals surface area contributed by atoms with Gasteiger partial charge in [0.25, 0.3) is 10.0 Å². The first-order valence-corrected chi connectivity index (χ1v) is 12.5. The van der Waals surface area contributed by atoms with E-state index in [0.29, 0.717) is 5.69 Å². The molecule has 0 saturated carbocycles. The zero-order valence-electron chi connectivity index (χ0n) is 19.9. The molecule has 1 atom stereocenters. The summed E-state index contributed by atoms with van der Waals surface area (Å²) in [6.07, 6.45) is 0. The summed E-state index contributed by atoms with van der Waals surface area (Å²) in [4.78, 5) is 13.1. The van der Waals surface area contributed by atoms with Crippen molar-refractivity contribution in [1.29, 1.82) is 0 Å². The van der Waals surface area contributed by atoms with Crippen molar-refractivity contribution < 1.29 is 13.2 Å². The smallest absolute Gasteiger partial charge is 0.264 e. The van der Waals surface area contributed by atoms with Gasteiger partial charge in [-0.15, -0.1) is 0 Å². The molecule has 0 aliphatic heterocycles. The normalized spacial score (nSPS) is 12.8. The second-order valence-corrected chi connectivity index (χ2v) is 11.2. The van der Waals surface area contributed by atoms with Gasteiger partial charge in [-0.25, -0.2) is 8.42 Å². The molecule has 3 rings (SSSR count). The Morgan fingerprint density at radius 2 is 1.48 bits per heavy atom. The lowest BCUT2D eigenvalue weighted by atomic mass is 9.86. The van der Waals surface area contributed by atoms with Crippen molar-refractivity contribution in [3.8, 4) is 0 Å². The highest BCUT2D eigenvalue weighted by Gasteiger charge is 2.27. The second kappa shape index (κ2) is 9.79. The summed E-state index contributed by atoms with van der Waals surface area (Å²) in [7, 11) is -3.91. The highest BCUT2D eigenvalue weighted by Crippen LogP contribution is 2.25. The van der Waals surface area contributed by atoms with Crippen molar-refractivity contribution >= 4 is 21.6 Å². The van der Waals surface area contributed by atoms with Crippen LogP contribution in [-0.2, 0) is 20.2 Å². The first-order valence-electron chi connectivity index (χ1n) is 11.0. The van der Waals surface area contributed by atoms with Crippen LogP contribution < -0.4 is 9.62 Å². The number of carbonyl (C=O) groups is 1. The van der Waals surface area contributed by atoms with E-state index in [1.54, 1.807) is 30.3 Å². The van der Waals surface area contributed by atoms with Gasteiger partial charge in [-0.2, -0.15) is 0 Å². The average molecular weight is 465 g/mol. The Labute approximate surface area is 197 Å². The van der Waals surface area contributed by atoms with E-state index in [1.165, 1.54) is 17.7 Å². The van der Waals surface area contributed by atoms with Gasteiger partial charge < -0.3 is 5.32 Å². The molecule has 0 saturated heterocycles. The van der Waals surface area contributed by atoms with Gasteiger partial charge in [0.1, 0.15) is 6.54 Å². The van der Waals surface area contributed by atoms with Crippen LogP contribution in [-0.4, -0.2) is 20.9 Å². The highest BCUT2D eigenvalue weighted by molar-refractivity contribution is 7.92. The zero-order valence-corrected chi connectivity index (χ0v) is 20.7. The molecule has 0 fully saturated rings. The fourth-order valence-corrected chi connectivity index (χ4v) is 4.96. The number of hydrogen-bond donors (Lipinski definition) is 1. The molecule has 1 N–H and O–H groups in total. The maximum absolute atomic E-state index is 13.4. The number of benzene rings is 3. The molecule has 0 aliphatic carbocycles. The Kier molecular flexibility index (Phi) is 7.28. The average Bonchev–Trinajstić information content (AvgIpc) is 2.78. The molecule has 0 aliphatic rings. The number of anilines is 1. The third kappa shape index (κ3) is 6.02. The van der Waals surface area contributed by atoms with Crippen LogP contribution in [0.3, 0.4) is 0 Å². The van der Waals surface area contributed by atoms with Crippen LogP contribution in [0.5, 0.6) is 0 Å². The van der Waals surface area contributed by atoms with Crippen molar-refractivity contribution in [3.05, 3.63) is 95.6 Å². The van der Waals surface area contributed by atoms with E-state index in [0.717, 1.165) is 15.4 Å². The number of sulfonamides is 1. The number of nitrogens with one attached hydrogen (secondary N) is 1. The summed E-state index contributed by atoms with van der Waals surface area (Å²) in [6.45, 7) is 9.97. The predicted molar refractivity (Wildman–Crippen MR) is 134 cm³/mol. The molecule has 0 aromatic heterocycles. The highest BCUT2D eigenvalue weighted by atomic mass is 32.2. The molecular formula is C27H32N2O3S. The van der Waals surface area contributed by atoms with Gasteiger partial charge in [0, 0.05) is 0 Å². The SMILES string of the molecule is Cc1ccc(N(CC(=O)NC(C)c2ccc(C(C)(C)C)cc2)S(=O)(=O)c2ccccc2)cc1. The zero-order chi connectivity index (χ0) is 24.2. The third-order valence-electron chi connectivity index (χ3n) is 5.59. The molecular weight excluding hydrogens is 432 g/mol. The fraction of sp³-hybridized carbons (Fsp3) is 0.296. The van der Waals surface area contributed by atoms with Gasteiger partial charge in [0.15, 0.2) is 0 Å². The molecule has 33 heavy (non-hydrogen) atoms. The summed E-state index contributed by atoms with van der Waals surface area (Å²) in [5.74, 6) is -0.373. The van der Waals surface area contributed by atoms with Gasteiger partial charge in [-0.05, 0) is 54.7 Å². The number of aryl methyl sites for hydroxylation is 1. The third-order valence-corrected chi connectivity index (χ3v) is 7.38. The van der Waals surface area contributed by atoms with Gasteiger partial charge in [-0.1, -0.05) is 80.9 Å². The molecule has 6 heteroatoms. The van der Waals surface area contributed by atoms with Crippen molar-refractivity contribution in [3.63, 3.8) is 0 Å². The molecule has 5 nitrogen and oxygen atoms in total. The molecule has 3 aromatic carbocycles. The van der Waals surface area contributed by atoms with Crippen LogP contribution in [0, 0.1) is 6.92 Å². The molecule has 0 bridgehead atoms. The quantitative estimate of drug-likeness (QED) is 0.511. The van der Waals surface area contributed by atoms with E-state index in [1.807, 2.05) is 38.1 Å². The topological polar surface area (TPSA) is 66.5 Å². The maximum Gasteiger partial charge on any atom is 0.264 e. The minimum absolute atomic E-state index is 0.0470. The lowest BCUT2D eigenvalue weighted by Crippen LogP contribution is -2.41. The first kappa shape index (κ1) is 24.5. The lowest BCUT2D eigenvalue weighted by molar-refractivity contribution is -0.120. The number of hydrogen-bond acceptors (Lipinski definition) is 3. The van der Waals surface area contributed by atoms with E-state index in [-0.39, 0.29) is 28.8 Å². The van der Waals surface area contributed by atoms with E-state index in [2.05, 4.69) is 38.2 Å². The van der Waals surface area contributed by atoms with Crippen molar-refractivity contribution in [2.24, 2.45) is 0 Å². The van der Waals surface area contributed by atoms with E-state index >= 15 is 0 Å².